The van der Waals surface area contributed by atoms with Crippen molar-refractivity contribution in [1.29, 1.82) is 0 Å². The first-order valence-electron chi connectivity index (χ1n) is 7.67. The Hall–Kier alpha value is -2.28. The van der Waals surface area contributed by atoms with Gasteiger partial charge in [-0.1, -0.05) is 11.6 Å². The maximum absolute atomic E-state index is 12.3. The summed E-state index contributed by atoms with van der Waals surface area (Å²) < 4.78 is 5.54. The lowest BCUT2D eigenvalue weighted by atomic mass is 10.1. The van der Waals surface area contributed by atoms with Gasteiger partial charge in [0, 0.05) is 30.6 Å². The monoisotopic (exact) mass is 353 g/mol. The van der Waals surface area contributed by atoms with Gasteiger partial charge in [-0.25, -0.2) is 4.79 Å². The van der Waals surface area contributed by atoms with Crippen LogP contribution in [0, 0.1) is 0 Å². The Morgan fingerprint density at radius 2 is 2.12 bits per heavy atom. The van der Waals surface area contributed by atoms with E-state index in [4.69, 9.17) is 16.3 Å². The quantitative estimate of drug-likeness (QED) is 0.730. The highest BCUT2D eigenvalue weighted by Gasteiger charge is 2.29. The van der Waals surface area contributed by atoms with E-state index < -0.39 is 18.0 Å². The highest BCUT2D eigenvalue weighted by molar-refractivity contribution is 6.30. The number of halogens is 1. The molecule has 1 aliphatic heterocycles. The standard InChI is InChI=1S/C16H20ClN3O4/c1-3-24-13-6-4-11(17)8-10(13)9-20(2)14(21)7-5-12-15(22)19-16(23)18-12/h4,6,8,12H,3,5,7,9H2,1-2H3,(H2,18,19,22,23)/t12-/m0/s1. The summed E-state index contributed by atoms with van der Waals surface area (Å²) in [4.78, 5) is 36.3. The molecule has 0 spiro atoms. The normalized spacial score (nSPS) is 16.5. The molecule has 2 rings (SSSR count). The highest BCUT2D eigenvalue weighted by Crippen LogP contribution is 2.24. The predicted octanol–water partition coefficient (Wildman–Crippen LogP) is 1.69. The van der Waals surface area contributed by atoms with Crippen molar-refractivity contribution in [2.45, 2.75) is 32.4 Å². The zero-order valence-electron chi connectivity index (χ0n) is 13.6. The molecule has 0 bridgehead atoms. The van der Waals surface area contributed by atoms with Crippen molar-refractivity contribution >= 4 is 29.4 Å². The lowest BCUT2D eigenvalue weighted by Gasteiger charge is -2.20. The second-order valence-electron chi connectivity index (χ2n) is 5.49. The van der Waals surface area contributed by atoms with Crippen molar-refractivity contribution < 1.29 is 19.1 Å². The Balaban J connectivity index is 1.93. The SMILES string of the molecule is CCOc1ccc(Cl)cc1CN(C)C(=O)CC[C@@H]1NC(=O)NC1=O. The summed E-state index contributed by atoms with van der Waals surface area (Å²) in [5.41, 5.74) is 0.812. The molecule has 8 heteroatoms. The highest BCUT2D eigenvalue weighted by atomic mass is 35.5. The first-order valence-corrected chi connectivity index (χ1v) is 8.05. The number of amides is 4. The smallest absolute Gasteiger partial charge is 0.322 e. The van der Waals surface area contributed by atoms with E-state index in [1.807, 2.05) is 6.92 Å². The van der Waals surface area contributed by atoms with Crippen molar-refractivity contribution in [1.82, 2.24) is 15.5 Å². The second-order valence-corrected chi connectivity index (χ2v) is 5.93. The molecule has 1 fully saturated rings. The average Bonchev–Trinajstić information content (AvgIpc) is 2.85. The van der Waals surface area contributed by atoms with Crippen molar-refractivity contribution in [3.63, 3.8) is 0 Å². The number of nitrogens with zero attached hydrogens (tertiary/aromatic N) is 1. The van der Waals surface area contributed by atoms with Gasteiger partial charge >= 0.3 is 6.03 Å². The Labute approximate surface area is 145 Å². The van der Waals surface area contributed by atoms with Crippen LogP contribution in [0.1, 0.15) is 25.3 Å². The molecule has 0 aliphatic carbocycles. The van der Waals surface area contributed by atoms with Gasteiger partial charge in [-0.15, -0.1) is 0 Å². The molecule has 1 atom stereocenters. The molecule has 1 aliphatic rings. The van der Waals surface area contributed by atoms with E-state index in [9.17, 15) is 14.4 Å². The molecule has 1 aromatic carbocycles. The van der Waals surface area contributed by atoms with Crippen molar-refractivity contribution in [2.24, 2.45) is 0 Å². The maximum Gasteiger partial charge on any atom is 0.322 e. The molecule has 7 nitrogen and oxygen atoms in total. The number of benzene rings is 1. The van der Waals surface area contributed by atoms with Crippen molar-refractivity contribution in [3.05, 3.63) is 28.8 Å². The van der Waals surface area contributed by atoms with Crippen LogP contribution in [0.5, 0.6) is 5.75 Å². The first-order chi connectivity index (χ1) is 11.4. The number of rotatable bonds is 7. The fourth-order valence-electron chi connectivity index (χ4n) is 2.43. The molecule has 24 heavy (non-hydrogen) atoms. The summed E-state index contributed by atoms with van der Waals surface area (Å²) in [7, 11) is 1.67. The van der Waals surface area contributed by atoms with Crippen molar-refractivity contribution in [3.8, 4) is 5.75 Å². The molecule has 0 radical (unpaired) electrons. The van der Waals surface area contributed by atoms with Crippen LogP contribution in [-0.2, 0) is 16.1 Å². The molecule has 0 saturated carbocycles. The van der Waals surface area contributed by atoms with Crippen LogP contribution in [0.2, 0.25) is 5.02 Å². The molecule has 130 valence electrons. The summed E-state index contributed by atoms with van der Waals surface area (Å²) in [5, 5.41) is 5.18. The van der Waals surface area contributed by atoms with Crippen LogP contribution in [0.3, 0.4) is 0 Å². The average molecular weight is 354 g/mol. The predicted molar refractivity (Wildman–Crippen MR) is 88.8 cm³/mol. The largest absolute Gasteiger partial charge is 0.494 e. The van der Waals surface area contributed by atoms with Gasteiger partial charge in [-0.2, -0.15) is 0 Å². The Morgan fingerprint density at radius 1 is 1.38 bits per heavy atom. The van der Waals surface area contributed by atoms with Gasteiger partial charge < -0.3 is 15.0 Å². The number of ether oxygens (including phenoxy) is 1. The third-order valence-corrected chi connectivity index (χ3v) is 3.90. The summed E-state index contributed by atoms with van der Waals surface area (Å²) >= 11 is 6.01. The van der Waals surface area contributed by atoms with Gasteiger partial charge in [0.2, 0.25) is 5.91 Å². The van der Waals surface area contributed by atoms with E-state index in [0.717, 1.165) is 5.56 Å². The lowest BCUT2D eigenvalue weighted by Crippen LogP contribution is -2.32. The van der Waals surface area contributed by atoms with Gasteiger partial charge in [-0.3, -0.25) is 14.9 Å². The van der Waals surface area contributed by atoms with E-state index in [-0.39, 0.29) is 18.7 Å². The summed E-state index contributed by atoms with van der Waals surface area (Å²) in [5.74, 6) is 0.152. The molecule has 1 saturated heterocycles. The molecule has 0 aromatic heterocycles. The maximum atomic E-state index is 12.3. The minimum atomic E-state index is -0.653. The van der Waals surface area contributed by atoms with Crippen molar-refractivity contribution in [2.75, 3.05) is 13.7 Å². The fourth-order valence-corrected chi connectivity index (χ4v) is 2.63. The Morgan fingerprint density at radius 3 is 2.75 bits per heavy atom. The van der Waals surface area contributed by atoms with Gasteiger partial charge in [-0.05, 0) is 31.5 Å². The third-order valence-electron chi connectivity index (χ3n) is 3.66. The lowest BCUT2D eigenvalue weighted by molar-refractivity contribution is -0.130. The first kappa shape index (κ1) is 18.1. The molecular formula is C16H20ClN3O4. The molecule has 0 unspecified atom stereocenters. The minimum Gasteiger partial charge on any atom is -0.494 e. The molecular weight excluding hydrogens is 334 g/mol. The van der Waals surface area contributed by atoms with E-state index in [2.05, 4.69) is 10.6 Å². The van der Waals surface area contributed by atoms with Gasteiger partial charge in [0.05, 0.1) is 6.61 Å². The van der Waals surface area contributed by atoms with Crippen LogP contribution < -0.4 is 15.4 Å². The zero-order chi connectivity index (χ0) is 17.7. The van der Waals surface area contributed by atoms with Gasteiger partial charge in [0.25, 0.3) is 5.91 Å². The number of urea groups is 1. The number of hydrogen-bond donors (Lipinski definition) is 2. The number of carbonyl (C=O) groups is 3. The van der Waals surface area contributed by atoms with Crippen LogP contribution >= 0.6 is 11.6 Å². The Kier molecular flexibility index (Phi) is 6.03. The fraction of sp³-hybridized carbons (Fsp3) is 0.438. The van der Waals surface area contributed by atoms with E-state index in [1.165, 1.54) is 0 Å². The summed E-state index contributed by atoms with van der Waals surface area (Å²) in [6, 6.07) is 4.10. The summed E-state index contributed by atoms with van der Waals surface area (Å²) in [6.45, 7) is 2.74. The van der Waals surface area contributed by atoms with Crippen LogP contribution in [0.15, 0.2) is 18.2 Å². The molecule has 1 aromatic rings. The van der Waals surface area contributed by atoms with Crippen LogP contribution in [0.4, 0.5) is 4.79 Å². The number of hydrogen-bond acceptors (Lipinski definition) is 4. The zero-order valence-corrected chi connectivity index (χ0v) is 14.4. The minimum absolute atomic E-state index is 0.133. The number of imide groups is 1. The van der Waals surface area contributed by atoms with E-state index in [0.29, 0.717) is 23.9 Å². The Bertz CT molecular complexity index is 650. The number of nitrogens with one attached hydrogen (secondary N) is 2. The summed E-state index contributed by atoms with van der Waals surface area (Å²) in [6.07, 6.45) is 0.411. The van der Waals surface area contributed by atoms with E-state index >= 15 is 0 Å². The molecule has 2 N–H and O–H groups in total. The second kappa shape index (κ2) is 8.01. The molecule has 1 heterocycles. The third kappa shape index (κ3) is 4.61. The van der Waals surface area contributed by atoms with E-state index in [1.54, 1.807) is 30.1 Å². The van der Waals surface area contributed by atoms with Crippen LogP contribution in [-0.4, -0.2) is 42.4 Å². The topological polar surface area (TPSA) is 87.7 Å². The number of carbonyl (C=O) groups excluding carboxylic acids is 3. The van der Waals surface area contributed by atoms with Gasteiger partial charge in [0.1, 0.15) is 11.8 Å². The molecule has 4 amide bonds. The van der Waals surface area contributed by atoms with Gasteiger partial charge in [0.15, 0.2) is 0 Å². The van der Waals surface area contributed by atoms with Crippen LogP contribution in [0.25, 0.3) is 0 Å².